The maximum atomic E-state index is 12.9. The number of amides is 1. The molecular weight excluding hydrogens is 303 g/mol. The Morgan fingerprint density at radius 3 is 2.77 bits per heavy atom. The van der Waals surface area contributed by atoms with Gasteiger partial charge < -0.3 is 5.11 Å². The van der Waals surface area contributed by atoms with Gasteiger partial charge in [-0.2, -0.15) is 9.49 Å². The molecule has 4 nitrogen and oxygen atoms in total. The number of halogens is 1. The third kappa shape index (κ3) is 2.82. The fourth-order valence-corrected chi connectivity index (χ4v) is 2.69. The van der Waals surface area contributed by atoms with E-state index in [1.807, 2.05) is 24.3 Å². The summed E-state index contributed by atoms with van der Waals surface area (Å²) in [6.07, 6.45) is 1.37. The molecule has 6 heteroatoms. The molecule has 110 valence electrons. The van der Waals surface area contributed by atoms with Crippen molar-refractivity contribution >= 4 is 34.2 Å². The molecule has 3 rings (SSSR count). The normalized spacial score (nSPS) is 11.1. The first kappa shape index (κ1) is 14.2. The fourth-order valence-electron chi connectivity index (χ4n) is 2.07. The predicted octanol–water partition coefficient (Wildman–Crippen LogP) is 3.51. The van der Waals surface area contributed by atoms with Crippen molar-refractivity contribution in [1.29, 1.82) is 0 Å². The van der Waals surface area contributed by atoms with E-state index in [0.29, 0.717) is 5.56 Å². The second-order valence-electron chi connectivity index (χ2n) is 4.52. The van der Waals surface area contributed by atoms with Crippen molar-refractivity contribution in [3.8, 4) is 5.75 Å². The van der Waals surface area contributed by atoms with E-state index in [2.05, 4.69) is 10.5 Å². The lowest BCUT2D eigenvalue weighted by molar-refractivity contribution is 0.0959. The van der Waals surface area contributed by atoms with Crippen LogP contribution in [0.25, 0.3) is 10.8 Å². The maximum Gasteiger partial charge on any atom is 0.281 e. The van der Waals surface area contributed by atoms with Crippen molar-refractivity contribution in [3.63, 3.8) is 0 Å². The van der Waals surface area contributed by atoms with Gasteiger partial charge in [0.1, 0.15) is 5.75 Å². The van der Waals surface area contributed by atoms with Gasteiger partial charge in [0.2, 0.25) is 0 Å². The Morgan fingerprint density at radius 1 is 1.18 bits per heavy atom. The van der Waals surface area contributed by atoms with Gasteiger partial charge in [-0.05, 0) is 29.0 Å². The van der Waals surface area contributed by atoms with Gasteiger partial charge in [-0.1, -0.05) is 30.3 Å². The second-order valence-corrected chi connectivity index (χ2v) is 5.56. The van der Waals surface area contributed by atoms with Crippen molar-refractivity contribution < 1.29 is 14.3 Å². The molecular formula is C16H11FN2O2S. The van der Waals surface area contributed by atoms with E-state index in [1.54, 1.807) is 12.1 Å². The number of hydrazone groups is 1. The lowest BCUT2D eigenvalue weighted by Gasteiger charge is -2.04. The van der Waals surface area contributed by atoms with Crippen molar-refractivity contribution in [2.75, 3.05) is 0 Å². The first-order valence-corrected chi connectivity index (χ1v) is 7.26. The molecule has 2 aromatic carbocycles. The quantitative estimate of drug-likeness (QED) is 0.574. The molecule has 0 aliphatic rings. The summed E-state index contributed by atoms with van der Waals surface area (Å²) < 4.78 is 12.9. The highest BCUT2D eigenvalue weighted by Crippen LogP contribution is 2.25. The van der Waals surface area contributed by atoms with Gasteiger partial charge >= 0.3 is 0 Å². The van der Waals surface area contributed by atoms with E-state index in [9.17, 15) is 14.3 Å². The van der Waals surface area contributed by atoms with Crippen LogP contribution < -0.4 is 5.43 Å². The van der Waals surface area contributed by atoms with Gasteiger partial charge in [0.05, 0.1) is 11.1 Å². The molecule has 0 saturated carbocycles. The summed E-state index contributed by atoms with van der Waals surface area (Å²) in [5, 5.41) is 15.1. The number of hydrogen-bond acceptors (Lipinski definition) is 4. The number of nitrogens with zero attached hydrogens (tertiary/aromatic N) is 1. The number of carbonyl (C=O) groups is 1. The number of hydrogen-bond donors (Lipinski definition) is 2. The molecule has 0 atom stereocenters. The van der Waals surface area contributed by atoms with Crippen LogP contribution in [0.1, 0.15) is 15.2 Å². The van der Waals surface area contributed by atoms with E-state index in [1.165, 1.54) is 18.3 Å². The molecule has 1 amide bonds. The van der Waals surface area contributed by atoms with Crippen LogP contribution in [0.4, 0.5) is 4.39 Å². The summed E-state index contributed by atoms with van der Waals surface area (Å²) in [7, 11) is 0. The number of thiophene rings is 1. The SMILES string of the molecule is O=C(NN=Cc1c(O)ccc2ccccc12)c1ccc(F)s1. The molecule has 0 fully saturated rings. The Hall–Kier alpha value is -2.73. The van der Waals surface area contributed by atoms with Crippen molar-refractivity contribution in [2.24, 2.45) is 5.10 Å². The summed E-state index contributed by atoms with van der Waals surface area (Å²) >= 11 is 0.746. The largest absolute Gasteiger partial charge is 0.507 e. The highest BCUT2D eigenvalue weighted by atomic mass is 32.1. The lowest BCUT2D eigenvalue weighted by Crippen LogP contribution is -2.16. The molecule has 0 aliphatic heterocycles. The molecule has 0 spiro atoms. The van der Waals surface area contributed by atoms with Gasteiger partial charge in [0.25, 0.3) is 5.91 Å². The summed E-state index contributed by atoms with van der Waals surface area (Å²) in [5.41, 5.74) is 2.83. The Labute approximate surface area is 129 Å². The Bertz CT molecular complexity index is 873. The Morgan fingerprint density at radius 2 is 2.00 bits per heavy atom. The van der Waals surface area contributed by atoms with E-state index >= 15 is 0 Å². The molecule has 1 heterocycles. The van der Waals surface area contributed by atoms with Crippen molar-refractivity contribution in [2.45, 2.75) is 0 Å². The number of nitrogens with one attached hydrogen (secondary N) is 1. The fraction of sp³-hybridized carbons (Fsp3) is 0. The van der Waals surface area contributed by atoms with Crippen molar-refractivity contribution in [1.82, 2.24) is 5.43 Å². The number of fused-ring (bicyclic) bond motifs is 1. The highest BCUT2D eigenvalue weighted by Gasteiger charge is 2.08. The standard InChI is InChI=1S/C16H11FN2O2S/c17-15-8-7-14(22-15)16(21)19-18-9-12-11-4-2-1-3-10(11)5-6-13(12)20/h1-9,20H,(H,19,21). The van der Waals surface area contributed by atoms with Gasteiger partial charge in [0, 0.05) is 5.56 Å². The van der Waals surface area contributed by atoms with Crippen LogP contribution in [0.5, 0.6) is 5.75 Å². The van der Waals surface area contributed by atoms with E-state index < -0.39 is 11.0 Å². The molecule has 22 heavy (non-hydrogen) atoms. The van der Waals surface area contributed by atoms with E-state index in [0.717, 1.165) is 22.1 Å². The number of benzene rings is 2. The molecule has 0 aliphatic carbocycles. The Balaban J connectivity index is 1.84. The van der Waals surface area contributed by atoms with Crippen LogP contribution in [0.15, 0.2) is 53.6 Å². The first-order valence-electron chi connectivity index (χ1n) is 6.44. The second kappa shape index (κ2) is 5.95. The zero-order chi connectivity index (χ0) is 15.5. The minimum Gasteiger partial charge on any atom is -0.507 e. The zero-order valence-corrected chi connectivity index (χ0v) is 12.1. The molecule has 3 aromatic rings. The smallest absolute Gasteiger partial charge is 0.281 e. The van der Waals surface area contributed by atoms with Crippen LogP contribution >= 0.6 is 11.3 Å². The van der Waals surface area contributed by atoms with Gasteiger partial charge in [0.15, 0.2) is 5.13 Å². The Kier molecular flexibility index (Phi) is 3.84. The predicted molar refractivity (Wildman–Crippen MR) is 85.0 cm³/mol. The van der Waals surface area contributed by atoms with E-state index in [4.69, 9.17) is 0 Å². The number of aromatic hydroxyl groups is 1. The van der Waals surface area contributed by atoms with Crippen LogP contribution in [0.2, 0.25) is 0 Å². The minimum atomic E-state index is -0.495. The molecule has 1 aromatic heterocycles. The zero-order valence-electron chi connectivity index (χ0n) is 11.3. The molecule has 0 saturated heterocycles. The summed E-state index contributed by atoms with van der Waals surface area (Å²) in [5.74, 6) is -0.427. The maximum absolute atomic E-state index is 12.9. The number of phenols is 1. The average molecular weight is 314 g/mol. The van der Waals surface area contributed by atoms with Gasteiger partial charge in [-0.15, -0.1) is 11.3 Å². The number of rotatable bonds is 3. The summed E-state index contributed by atoms with van der Waals surface area (Å²) in [6.45, 7) is 0. The molecule has 0 unspecified atom stereocenters. The van der Waals surface area contributed by atoms with Gasteiger partial charge in [-0.25, -0.2) is 5.43 Å². The average Bonchev–Trinajstić information content (AvgIpc) is 2.96. The van der Waals surface area contributed by atoms with Crippen molar-refractivity contribution in [3.05, 3.63) is 64.1 Å². The summed E-state index contributed by atoms with van der Waals surface area (Å²) in [4.78, 5) is 12.0. The van der Waals surface area contributed by atoms with E-state index in [-0.39, 0.29) is 10.6 Å². The van der Waals surface area contributed by atoms with Gasteiger partial charge in [-0.3, -0.25) is 4.79 Å². The molecule has 0 radical (unpaired) electrons. The number of carbonyl (C=O) groups excluding carboxylic acids is 1. The monoisotopic (exact) mass is 314 g/mol. The molecule has 2 N–H and O–H groups in total. The number of phenolic OH excluding ortho intramolecular Hbond substituents is 1. The van der Waals surface area contributed by atoms with Crippen LogP contribution in [0, 0.1) is 5.13 Å². The first-order chi connectivity index (χ1) is 10.6. The topological polar surface area (TPSA) is 61.7 Å². The third-order valence-electron chi connectivity index (χ3n) is 3.10. The molecule has 0 bridgehead atoms. The minimum absolute atomic E-state index is 0.0684. The van der Waals surface area contributed by atoms with Crippen LogP contribution in [0.3, 0.4) is 0 Å². The lowest BCUT2D eigenvalue weighted by atomic mass is 10.0. The highest BCUT2D eigenvalue weighted by molar-refractivity contribution is 7.12. The van der Waals surface area contributed by atoms with Crippen LogP contribution in [-0.2, 0) is 0 Å². The third-order valence-corrected chi connectivity index (χ3v) is 3.98. The summed E-state index contributed by atoms with van der Waals surface area (Å²) in [6, 6.07) is 13.5. The van der Waals surface area contributed by atoms with Crippen LogP contribution in [-0.4, -0.2) is 17.2 Å².